The maximum Gasteiger partial charge on any atom is 0.293 e. The molecule has 2 aromatic rings. The molecule has 0 radical (unpaired) electrons. The average Bonchev–Trinajstić information content (AvgIpc) is 3.03. The predicted octanol–water partition coefficient (Wildman–Crippen LogP) is 2.28. The molecule has 18 heavy (non-hydrogen) atoms. The van der Waals surface area contributed by atoms with Crippen molar-refractivity contribution in [3.8, 4) is 11.7 Å². The summed E-state index contributed by atoms with van der Waals surface area (Å²) in [5.41, 5.74) is 5.48. The van der Waals surface area contributed by atoms with Crippen molar-refractivity contribution in [2.75, 3.05) is 6.61 Å². The van der Waals surface area contributed by atoms with Crippen LogP contribution in [0.25, 0.3) is 11.7 Å². The lowest BCUT2D eigenvalue weighted by Crippen LogP contribution is -2.04. The summed E-state index contributed by atoms with van der Waals surface area (Å²) in [6.45, 7) is 4.90. The van der Waals surface area contributed by atoms with Gasteiger partial charge in [0.25, 0.3) is 5.89 Å². The van der Waals surface area contributed by atoms with Crippen LogP contribution in [0.4, 0.5) is 0 Å². The SMILES string of the molecule is CCOC(CC)c1noc(-c2ccc(CN)o2)n1. The molecule has 0 amide bonds. The van der Waals surface area contributed by atoms with E-state index < -0.39 is 0 Å². The second-order valence-corrected chi connectivity index (χ2v) is 3.78. The van der Waals surface area contributed by atoms with Crippen molar-refractivity contribution in [1.29, 1.82) is 0 Å². The molecule has 6 nitrogen and oxygen atoms in total. The highest BCUT2D eigenvalue weighted by atomic mass is 16.5. The minimum atomic E-state index is -0.142. The van der Waals surface area contributed by atoms with Gasteiger partial charge < -0.3 is 19.4 Å². The van der Waals surface area contributed by atoms with Gasteiger partial charge in [0.15, 0.2) is 5.76 Å². The lowest BCUT2D eigenvalue weighted by Gasteiger charge is -2.09. The number of hydrogen-bond donors (Lipinski definition) is 1. The Balaban J connectivity index is 2.18. The molecule has 0 bridgehead atoms. The van der Waals surface area contributed by atoms with Crippen LogP contribution >= 0.6 is 0 Å². The van der Waals surface area contributed by atoms with Crippen molar-refractivity contribution in [2.45, 2.75) is 32.9 Å². The van der Waals surface area contributed by atoms with Crippen LogP contribution in [-0.4, -0.2) is 16.7 Å². The molecule has 2 N–H and O–H groups in total. The fourth-order valence-corrected chi connectivity index (χ4v) is 1.64. The lowest BCUT2D eigenvalue weighted by atomic mass is 10.2. The molecule has 0 aliphatic heterocycles. The number of nitrogens with two attached hydrogens (primary N) is 1. The zero-order valence-corrected chi connectivity index (χ0v) is 10.5. The Labute approximate surface area is 105 Å². The number of ether oxygens (including phenoxy) is 1. The van der Waals surface area contributed by atoms with Gasteiger partial charge in [0.2, 0.25) is 5.82 Å². The number of rotatable bonds is 6. The Morgan fingerprint density at radius 3 is 2.83 bits per heavy atom. The van der Waals surface area contributed by atoms with Gasteiger partial charge in [-0.15, -0.1) is 0 Å². The fourth-order valence-electron chi connectivity index (χ4n) is 1.64. The molecule has 0 spiro atoms. The molecule has 2 aromatic heterocycles. The maximum atomic E-state index is 5.52. The van der Waals surface area contributed by atoms with Gasteiger partial charge in [-0.05, 0) is 25.5 Å². The zero-order chi connectivity index (χ0) is 13.0. The van der Waals surface area contributed by atoms with E-state index in [0.717, 1.165) is 6.42 Å². The standard InChI is InChI=1S/C12H17N3O3/c1-3-9(16-4-2)11-14-12(18-15-11)10-6-5-8(7-13)17-10/h5-6,9H,3-4,7,13H2,1-2H3. The number of aromatic nitrogens is 2. The van der Waals surface area contributed by atoms with Crippen LogP contribution in [0.15, 0.2) is 21.1 Å². The summed E-state index contributed by atoms with van der Waals surface area (Å²) >= 11 is 0. The van der Waals surface area contributed by atoms with Crippen LogP contribution in [0.5, 0.6) is 0 Å². The van der Waals surface area contributed by atoms with Gasteiger partial charge in [-0.25, -0.2) is 0 Å². The fraction of sp³-hybridized carbons (Fsp3) is 0.500. The topological polar surface area (TPSA) is 87.3 Å². The smallest absolute Gasteiger partial charge is 0.293 e. The van der Waals surface area contributed by atoms with Crippen LogP contribution in [0, 0.1) is 0 Å². The first-order valence-corrected chi connectivity index (χ1v) is 6.02. The summed E-state index contributed by atoms with van der Waals surface area (Å²) < 4.78 is 16.1. The third kappa shape index (κ3) is 2.60. The van der Waals surface area contributed by atoms with Crippen molar-refractivity contribution in [3.63, 3.8) is 0 Å². The number of furan rings is 1. The van der Waals surface area contributed by atoms with Gasteiger partial charge in [-0.3, -0.25) is 0 Å². The number of hydrogen-bond acceptors (Lipinski definition) is 6. The second-order valence-electron chi connectivity index (χ2n) is 3.78. The summed E-state index contributed by atoms with van der Waals surface area (Å²) in [5.74, 6) is 2.10. The van der Waals surface area contributed by atoms with Gasteiger partial charge >= 0.3 is 0 Å². The van der Waals surface area contributed by atoms with Crippen molar-refractivity contribution in [3.05, 3.63) is 23.7 Å². The molecular weight excluding hydrogens is 234 g/mol. The second kappa shape index (κ2) is 5.79. The molecule has 98 valence electrons. The van der Waals surface area contributed by atoms with E-state index in [1.807, 2.05) is 13.8 Å². The van der Waals surface area contributed by atoms with E-state index in [1.54, 1.807) is 12.1 Å². The molecule has 6 heteroatoms. The summed E-state index contributed by atoms with van der Waals surface area (Å²) in [5, 5.41) is 3.92. The van der Waals surface area contributed by atoms with Crippen molar-refractivity contribution in [2.24, 2.45) is 5.73 Å². The van der Waals surface area contributed by atoms with Crippen LogP contribution in [-0.2, 0) is 11.3 Å². The highest BCUT2D eigenvalue weighted by Gasteiger charge is 2.19. The van der Waals surface area contributed by atoms with E-state index >= 15 is 0 Å². The van der Waals surface area contributed by atoms with Gasteiger partial charge in [0, 0.05) is 6.61 Å². The van der Waals surface area contributed by atoms with Gasteiger partial charge in [0.1, 0.15) is 11.9 Å². The highest BCUT2D eigenvalue weighted by molar-refractivity contribution is 5.44. The van der Waals surface area contributed by atoms with Gasteiger partial charge in [0.05, 0.1) is 6.54 Å². The van der Waals surface area contributed by atoms with Gasteiger partial charge in [-0.2, -0.15) is 4.98 Å². The first-order chi connectivity index (χ1) is 8.78. The number of nitrogens with zero attached hydrogens (tertiary/aromatic N) is 2. The predicted molar refractivity (Wildman–Crippen MR) is 64.5 cm³/mol. The molecular formula is C12H17N3O3. The minimum Gasteiger partial charge on any atom is -0.455 e. The Bertz CT molecular complexity index is 492. The quantitative estimate of drug-likeness (QED) is 0.847. The average molecular weight is 251 g/mol. The molecule has 1 unspecified atom stereocenters. The van der Waals surface area contributed by atoms with E-state index in [2.05, 4.69) is 10.1 Å². The Morgan fingerprint density at radius 2 is 2.22 bits per heavy atom. The molecule has 0 fully saturated rings. The highest BCUT2D eigenvalue weighted by Crippen LogP contribution is 2.24. The van der Waals surface area contributed by atoms with E-state index in [9.17, 15) is 0 Å². The van der Waals surface area contributed by atoms with Crippen molar-refractivity contribution in [1.82, 2.24) is 10.1 Å². The van der Waals surface area contributed by atoms with E-state index in [4.69, 9.17) is 19.4 Å². The van der Waals surface area contributed by atoms with Crippen LogP contribution in [0.1, 0.15) is 38.0 Å². The summed E-state index contributed by atoms with van der Waals surface area (Å²) in [6, 6.07) is 3.56. The van der Waals surface area contributed by atoms with Crippen LogP contribution in [0.2, 0.25) is 0 Å². The van der Waals surface area contributed by atoms with E-state index in [0.29, 0.717) is 36.4 Å². The normalized spacial score (nSPS) is 12.8. The van der Waals surface area contributed by atoms with Crippen molar-refractivity contribution < 1.29 is 13.7 Å². The molecule has 0 saturated heterocycles. The molecule has 0 aliphatic rings. The molecule has 1 atom stereocenters. The van der Waals surface area contributed by atoms with E-state index in [-0.39, 0.29) is 6.10 Å². The maximum absolute atomic E-state index is 5.52. The molecule has 0 aromatic carbocycles. The first-order valence-electron chi connectivity index (χ1n) is 6.02. The lowest BCUT2D eigenvalue weighted by molar-refractivity contribution is 0.0518. The Kier molecular flexibility index (Phi) is 4.11. The zero-order valence-electron chi connectivity index (χ0n) is 10.5. The molecule has 0 saturated carbocycles. The monoisotopic (exact) mass is 251 g/mol. The molecule has 2 rings (SSSR count). The van der Waals surface area contributed by atoms with Crippen molar-refractivity contribution >= 4 is 0 Å². The largest absolute Gasteiger partial charge is 0.455 e. The minimum absolute atomic E-state index is 0.142. The molecule has 2 heterocycles. The Morgan fingerprint density at radius 1 is 1.39 bits per heavy atom. The first kappa shape index (κ1) is 12.8. The Hall–Kier alpha value is -1.66. The third-order valence-corrected chi connectivity index (χ3v) is 2.54. The van der Waals surface area contributed by atoms with Gasteiger partial charge in [-0.1, -0.05) is 12.1 Å². The van der Waals surface area contributed by atoms with E-state index in [1.165, 1.54) is 0 Å². The third-order valence-electron chi connectivity index (χ3n) is 2.54. The summed E-state index contributed by atoms with van der Waals surface area (Å²) in [4.78, 5) is 4.28. The van der Waals surface area contributed by atoms with Crippen LogP contribution < -0.4 is 5.73 Å². The summed E-state index contributed by atoms with van der Waals surface area (Å²) in [7, 11) is 0. The summed E-state index contributed by atoms with van der Waals surface area (Å²) in [6.07, 6.45) is 0.649. The molecule has 0 aliphatic carbocycles. The van der Waals surface area contributed by atoms with Crippen LogP contribution in [0.3, 0.4) is 0 Å².